The van der Waals surface area contributed by atoms with E-state index in [9.17, 15) is 48.2 Å². The largest absolute Gasteiger partial charge is 0.737 e. The summed E-state index contributed by atoms with van der Waals surface area (Å²) in [6.07, 6.45) is -1.21. The summed E-state index contributed by atoms with van der Waals surface area (Å²) in [5, 5.41) is 23.2. The van der Waals surface area contributed by atoms with Crippen LogP contribution in [0.2, 0.25) is 0 Å². The number of phosphoric acid groups is 2. The van der Waals surface area contributed by atoms with Crippen molar-refractivity contribution in [2.24, 2.45) is 0 Å². The fraction of sp³-hybridized carbons (Fsp3) is 0.375. The summed E-state index contributed by atoms with van der Waals surface area (Å²) in [5.74, 6) is -2.17. The molecule has 3 aromatic rings. The molecule has 3 unspecified atom stereocenters. The number of amides is 1. The normalized spacial score (nSPS) is 25.4. The van der Waals surface area contributed by atoms with Gasteiger partial charge in [0.1, 0.15) is 18.3 Å². The number of halogens is 2. The van der Waals surface area contributed by atoms with Gasteiger partial charge in [-0.3, -0.25) is 23.7 Å². The number of imidazole rings is 1. The molecule has 3 aliphatic rings. The van der Waals surface area contributed by atoms with E-state index in [2.05, 4.69) is 33.4 Å². The van der Waals surface area contributed by atoms with Gasteiger partial charge in [-0.05, 0) is 42.6 Å². The Morgan fingerprint density at radius 2 is 1.89 bits per heavy atom. The lowest BCUT2D eigenvalue weighted by molar-refractivity contribution is -0.361. The summed E-state index contributed by atoms with van der Waals surface area (Å²) in [4.78, 5) is 64.4. The average molecular weight is 828 g/mol. The van der Waals surface area contributed by atoms with Crippen LogP contribution in [0, 0.1) is 13.8 Å². The molecule has 288 valence electrons. The summed E-state index contributed by atoms with van der Waals surface area (Å²) < 4.78 is 89.4. The van der Waals surface area contributed by atoms with Crippen LogP contribution < -0.4 is 16.6 Å². The maximum atomic E-state index is 15.6. The van der Waals surface area contributed by atoms with E-state index in [0.29, 0.717) is 17.0 Å². The van der Waals surface area contributed by atoms with Gasteiger partial charge < -0.3 is 58.3 Å². The Hall–Kier alpha value is -3.35. The van der Waals surface area contributed by atoms with E-state index in [1.54, 1.807) is 19.1 Å². The minimum absolute atomic E-state index is 0.0148. The standard InChI is InChI=1S/C24H30BF2N8O14P3S/c1-11-5-12(2)34-15(11)6-13-3-4-14(35(13)25(34,26)27)7-29-17(36)9-53-52(44,45)49-51(42,43)48-50(40,41)46-8-16-19(37)20(38)23(47-16)33-10-30-18-21(33)31-24(28)32-22(18)39/h3-6,10,16,19-20,23,37-38H,7-9H2,1-2H3,(H,29,36)(H,40,41)(H,42,43)(H,44,45)(H3,28,31,32,39)/t16-,19-,20-,23-/m1/s1. The third-order valence-corrected chi connectivity index (χ3v) is 14.6. The Balaban J connectivity index is 1.00. The maximum Gasteiger partial charge on any atom is 0.737 e. The number of aryl methyl sites for hydroxylation is 2. The number of fused-ring (bicyclic) bond motifs is 3. The number of rotatable bonds is 13. The van der Waals surface area contributed by atoms with Crippen LogP contribution >= 0.6 is 33.8 Å². The van der Waals surface area contributed by atoms with Crippen LogP contribution in [-0.4, -0.2) is 109 Å². The van der Waals surface area contributed by atoms with Gasteiger partial charge >= 0.3 is 29.4 Å². The van der Waals surface area contributed by atoms with Crippen LogP contribution in [0.25, 0.3) is 17.2 Å². The summed E-state index contributed by atoms with van der Waals surface area (Å²) in [5.41, 5.74) is 6.03. The van der Waals surface area contributed by atoms with Gasteiger partial charge in [-0.2, -0.15) is 13.6 Å². The molecular weight excluding hydrogens is 798 g/mol. The number of aromatic nitrogens is 5. The number of allylic oxidation sites excluding steroid dienone is 1. The molecule has 0 aliphatic carbocycles. The second kappa shape index (κ2) is 14.1. The fourth-order valence-electron chi connectivity index (χ4n) is 5.93. The van der Waals surface area contributed by atoms with Crippen molar-refractivity contribution in [2.75, 3.05) is 24.6 Å². The molecular formula is C24H30BF2N8O14P3S. The molecule has 22 nitrogen and oxygen atoms in total. The van der Waals surface area contributed by atoms with Crippen LogP contribution in [-0.2, 0) is 36.4 Å². The molecule has 1 amide bonds. The van der Waals surface area contributed by atoms with Crippen LogP contribution in [0.4, 0.5) is 14.6 Å². The van der Waals surface area contributed by atoms with Crippen molar-refractivity contribution in [1.29, 1.82) is 0 Å². The van der Waals surface area contributed by atoms with Crippen molar-refractivity contribution < 1.29 is 74.4 Å². The van der Waals surface area contributed by atoms with Gasteiger partial charge in [-0.25, -0.2) is 18.7 Å². The molecule has 3 aromatic heterocycles. The van der Waals surface area contributed by atoms with Gasteiger partial charge in [0.05, 0.1) is 25.2 Å². The number of nitrogens with one attached hydrogen (secondary N) is 2. The van der Waals surface area contributed by atoms with Gasteiger partial charge in [0, 0.05) is 23.9 Å². The lowest BCUT2D eigenvalue weighted by Gasteiger charge is -2.30. The zero-order valence-corrected chi connectivity index (χ0v) is 30.6. The smallest absolute Gasteiger partial charge is 0.394 e. The van der Waals surface area contributed by atoms with Crippen LogP contribution in [0.3, 0.4) is 0 Å². The topological polar surface area (TPSA) is 316 Å². The van der Waals surface area contributed by atoms with Crippen LogP contribution in [0.15, 0.2) is 35.0 Å². The van der Waals surface area contributed by atoms with E-state index in [1.807, 2.05) is 0 Å². The Labute approximate surface area is 299 Å². The molecule has 7 atom stereocenters. The minimum Gasteiger partial charge on any atom is -0.394 e. The number of aromatic amines is 1. The number of carbonyl (C=O) groups is 1. The third kappa shape index (κ3) is 7.92. The third-order valence-electron chi connectivity index (χ3n) is 8.11. The first-order valence-corrected chi connectivity index (χ1v) is 21.2. The summed E-state index contributed by atoms with van der Waals surface area (Å²) in [6, 6.07) is 1.62. The van der Waals surface area contributed by atoms with Crippen molar-refractivity contribution in [3.8, 4) is 0 Å². The number of nitrogens with zero attached hydrogens (tertiary/aromatic N) is 5. The highest BCUT2D eigenvalue weighted by atomic mass is 32.7. The molecule has 53 heavy (non-hydrogen) atoms. The summed E-state index contributed by atoms with van der Waals surface area (Å²) >= 11 is -0.195. The lowest BCUT2D eigenvalue weighted by Crippen LogP contribution is -2.52. The number of ether oxygens (including phenoxy) is 1. The first-order chi connectivity index (χ1) is 24.6. The zero-order chi connectivity index (χ0) is 38.8. The average Bonchev–Trinajstić information content (AvgIpc) is 3.78. The highest BCUT2D eigenvalue weighted by Gasteiger charge is 2.52. The van der Waals surface area contributed by atoms with Crippen molar-refractivity contribution in [3.05, 3.63) is 57.5 Å². The van der Waals surface area contributed by atoms with Crippen molar-refractivity contribution in [3.63, 3.8) is 0 Å². The van der Waals surface area contributed by atoms with E-state index < -0.39 is 84.3 Å². The van der Waals surface area contributed by atoms with Crippen LogP contribution in [0.5, 0.6) is 0 Å². The molecule has 0 spiro atoms. The van der Waals surface area contributed by atoms with Gasteiger partial charge in [0.15, 0.2) is 28.8 Å². The van der Waals surface area contributed by atoms with Crippen LogP contribution in [0.1, 0.15) is 23.2 Å². The van der Waals surface area contributed by atoms with E-state index in [0.717, 1.165) is 19.9 Å². The molecule has 0 aromatic carbocycles. The maximum absolute atomic E-state index is 15.6. The predicted molar refractivity (Wildman–Crippen MR) is 181 cm³/mol. The van der Waals surface area contributed by atoms with Gasteiger partial charge in [-0.1, -0.05) is 0 Å². The Morgan fingerprint density at radius 1 is 1.17 bits per heavy atom. The minimum atomic E-state index is -5.90. The van der Waals surface area contributed by atoms with Crippen molar-refractivity contribution in [2.45, 2.75) is 38.4 Å². The highest BCUT2D eigenvalue weighted by Crippen LogP contribution is 2.71. The summed E-state index contributed by atoms with van der Waals surface area (Å²) in [6.45, 7) is -7.86. The van der Waals surface area contributed by atoms with Gasteiger partial charge in [-0.15, -0.1) is 0 Å². The molecule has 1 saturated heterocycles. The number of phosphoric ester groups is 1. The van der Waals surface area contributed by atoms with Crippen molar-refractivity contribution >= 4 is 75.6 Å². The number of aliphatic hydroxyl groups is 2. The number of carbonyl (C=O) groups excluding carboxylic acids is 1. The lowest BCUT2D eigenvalue weighted by atomic mass is 9.90. The molecule has 0 bridgehead atoms. The molecule has 0 saturated carbocycles. The molecule has 1 fully saturated rings. The quantitative estimate of drug-likeness (QED) is 0.0845. The first kappa shape index (κ1) is 39.4. The van der Waals surface area contributed by atoms with Gasteiger partial charge in [0.2, 0.25) is 11.9 Å². The van der Waals surface area contributed by atoms with E-state index in [4.69, 9.17) is 10.5 Å². The number of nitrogen functional groups attached to an aromatic ring is 1. The number of hydrogen-bond acceptors (Lipinski definition) is 15. The first-order valence-electron chi connectivity index (χ1n) is 15.1. The van der Waals surface area contributed by atoms with E-state index in [1.165, 1.54) is 19.1 Å². The van der Waals surface area contributed by atoms with E-state index in [-0.39, 0.29) is 39.9 Å². The monoisotopic (exact) mass is 828 g/mol. The zero-order valence-electron chi connectivity index (χ0n) is 27.1. The molecule has 29 heteroatoms. The van der Waals surface area contributed by atoms with Gasteiger partial charge in [0.25, 0.3) is 5.56 Å². The number of H-pyrrole nitrogens is 1. The number of nitrogens with two attached hydrogens (primary N) is 1. The number of hydrogen-bond donors (Lipinski definition) is 8. The molecule has 0 radical (unpaired) electrons. The van der Waals surface area contributed by atoms with E-state index >= 15 is 8.63 Å². The Morgan fingerprint density at radius 3 is 2.60 bits per heavy atom. The fourth-order valence-corrected chi connectivity index (χ4v) is 11.5. The predicted octanol–water partition coefficient (Wildman–Crippen LogP) is 0.240. The molecule has 6 heterocycles. The Bertz CT molecular complexity index is 2320. The molecule has 6 rings (SSSR count). The van der Waals surface area contributed by atoms with Crippen molar-refractivity contribution in [1.82, 2.24) is 29.3 Å². The SMILES string of the molecule is Cc1cc(C)n2c1C=C1C=CC(CNC(=O)CSP(=O)(O)OP(=O)(O)OP(=O)(O)OC[C@H]3O[C@@H](n4cnc5c(=O)[nH]c(N)nc54)[C@H](O)[C@@H]3O)=[N+]1[B-]2(F)F. The number of aliphatic hydroxyl groups excluding tert-OH is 2. The molecule has 9 N–H and O–H groups in total. The highest BCUT2D eigenvalue weighted by molar-refractivity contribution is 8.55. The second-order valence-corrected chi connectivity index (χ2v) is 18.9. The number of anilines is 1. The molecule has 3 aliphatic heterocycles. The summed E-state index contributed by atoms with van der Waals surface area (Å²) in [7, 11) is -11.5. The second-order valence-electron chi connectivity index (χ2n) is 11.8. The Kier molecular flexibility index (Phi) is 10.4.